The predicted octanol–water partition coefficient (Wildman–Crippen LogP) is 2.30. The number of rotatable bonds is 2. The summed E-state index contributed by atoms with van der Waals surface area (Å²) < 4.78 is 24.6. The Kier molecular flexibility index (Phi) is 3.59. The lowest BCUT2D eigenvalue weighted by atomic mass is 10.2. The number of halogens is 4. The van der Waals surface area contributed by atoms with Crippen molar-refractivity contribution in [2.75, 3.05) is 0 Å². The molecule has 1 heterocycles. The first-order valence-corrected chi connectivity index (χ1v) is 4.80. The largest absolute Gasteiger partial charge is 0.320 e. The van der Waals surface area contributed by atoms with E-state index < -0.39 is 22.9 Å². The third kappa shape index (κ3) is 2.30. The van der Waals surface area contributed by atoms with Gasteiger partial charge < -0.3 is 4.98 Å². The van der Waals surface area contributed by atoms with Gasteiger partial charge in [0.05, 0.1) is 14.8 Å². The third-order valence-corrected chi connectivity index (χ3v) is 2.80. The highest BCUT2D eigenvalue weighted by Crippen LogP contribution is 2.24. The summed E-state index contributed by atoms with van der Waals surface area (Å²) in [7, 11) is 0. The van der Waals surface area contributed by atoms with Gasteiger partial charge in [0.2, 0.25) is 5.56 Å². The predicted molar refractivity (Wildman–Crippen MR) is 54.9 cm³/mol. The van der Waals surface area contributed by atoms with Crippen molar-refractivity contribution in [3.63, 3.8) is 0 Å². The Morgan fingerprint density at radius 1 is 1.57 bits per heavy atom. The standard InChI is InChI=1S/C7H3ClF2INO2/c8-6(14)2-1-3(13)12-5(4(2)11)7(9)10/h1,7H,(H,12,13). The number of carbonyl (C=O) groups excluding carboxylic acids is 1. The monoisotopic (exact) mass is 333 g/mol. The van der Waals surface area contributed by atoms with E-state index in [2.05, 4.69) is 0 Å². The lowest BCUT2D eigenvalue weighted by molar-refractivity contribution is 0.107. The quantitative estimate of drug-likeness (QED) is 0.667. The second kappa shape index (κ2) is 4.35. The van der Waals surface area contributed by atoms with Crippen LogP contribution in [-0.4, -0.2) is 10.2 Å². The van der Waals surface area contributed by atoms with Crippen molar-refractivity contribution in [3.8, 4) is 0 Å². The molecule has 0 aromatic carbocycles. The minimum Gasteiger partial charge on any atom is -0.320 e. The van der Waals surface area contributed by atoms with Crippen molar-refractivity contribution in [2.24, 2.45) is 0 Å². The van der Waals surface area contributed by atoms with E-state index >= 15 is 0 Å². The van der Waals surface area contributed by atoms with E-state index in [0.29, 0.717) is 0 Å². The summed E-state index contributed by atoms with van der Waals surface area (Å²) in [5.74, 6) is 0. The number of pyridine rings is 1. The van der Waals surface area contributed by atoms with Gasteiger partial charge in [-0.05, 0) is 34.2 Å². The van der Waals surface area contributed by atoms with E-state index in [1.54, 1.807) is 0 Å². The molecule has 1 N–H and O–H groups in total. The summed E-state index contributed by atoms with van der Waals surface area (Å²) in [5, 5.41) is -0.928. The molecule has 76 valence electrons. The van der Waals surface area contributed by atoms with Gasteiger partial charge in [0, 0.05) is 6.07 Å². The Morgan fingerprint density at radius 3 is 2.57 bits per heavy atom. The molecule has 1 aromatic heterocycles. The van der Waals surface area contributed by atoms with Gasteiger partial charge in [0.15, 0.2) is 0 Å². The molecule has 0 amide bonds. The van der Waals surface area contributed by atoms with Gasteiger partial charge in [-0.3, -0.25) is 9.59 Å². The maximum atomic E-state index is 12.3. The number of nitrogens with one attached hydrogen (secondary N) is 1. The molecule has 0 fully saturated rings. The second-order valence-electron chi connectivity index (χ2n) is 2.35. The zero-order chi connectivity index (χ0) is 10.9. The molecule has 7 heteroatoms. The van der Waals surface area contributed by atoms with Crippen LogP contribution in [0.4, 0.5) is 8.78 Å². The minimum absolute atomic E-state index is 0.0304. The fraction of sp³-hybridized carbons (Fsp3) is 0.143. The van der Waals surface area contributed by atoms with Gasteiger partial charge in [0.1, 0.15) is 0 Å². The number of aromatic nitrogens is 1. The molecule has 0 unspecified atom stereocenters. The van der Waals surface area contributed by atoms with E-state index in [1.807, 2.05) is 4.98 Å². The molecule has 14 heavy (non-hydrogen) atoms. The van der Waals surface area contributed by atoms with Gasteiger partial charge in [-0.15, -0.1) is 0 Å². The number of aromatic amines is 1. The molecular formula is C7H3ClF2INO2. The summed E-state index contributed by atoms with van der Waals surface area (Å²) in [6, 6.07) is 0.892. The van der Waals surface area contributed by atoms with Gasteiger partial charge in [-0.2, -0.15) is 0 Å². The van der Waals surface area contributed by atoms with Gasteiger partial charge in [-0.25, -0.2) is 8.78 Å². The van der Waals surface area contributed by atoms with E-state index in [0.717, 1.165) is 6.07 Å². The van der Waals surface area contributed by atoms with Gasteiger partial charge >= 0.3 is 0 Å². The molecular weight excluding hydrogens is 330 g/mol. The Labute approximate surface area is 95.6 Å². The lowest BCUT2D eigenvalue weighted by Gasteiger charge is -2.05. The third-order valence-electron chi connectivity index (χ3n) is 1.44. The number of H-pyrrole nitrogens is 1. The van der Waals surface area contributed by atoms with Crippen molar-refractivity contribution < 1.29 is 13.6 Å². The zero-order valence-electron chi connectivity index (χ0n) is 6.48. The van der Waals surface area contributed by atoms with Crippen molar-refractivity contribution >= 4 is 39.4 Å². The molecule has 0 saturated heterocycles. The maximum absolute atomic E-state index is 12.3. The second-order valence-corrected chi connectivity index (χ2v) is 3.77. The summed E-state index contributed by atoms with van der Waals surface area (Å²) in [4.78, 5) is 23.6. The molecule has 0 aliphatic heterocycles. The molecule has 1 rings (SSSR count). The highest BCUT2D eigenvalue weighted by molar-refractivity contribution is 14.1. The Morgan fingerprint density at radius 2 is 2.14 bits per heavy atom. The van der Waals surface area contributed by atoms with Crippen LogP contribution < -0.4 is 5.56 Å². The molecule has 0 aliphatic rings. The summed E-state index contributed by atoms with van der Waals surface area (Å²) in [5.41, 5.74) is -1.56. The van der Waals surface area contributed by atoms with Crippen molar-refractivity contribution in [1.82, 2.24) is 4.98 Å². The first-order valence-electron chi connectivity index (χ1n) is 3.34. The van der Waals surface area contributed by atoms with E-state index in [-0.39, 0.29) is 9.13 Å². The molecule has 0 bridgehead atoms. The first kappa shape index (κ1) is 11.6. The summed E-state index contributed by atoms with van der Waals surface area (Å²) >= 11 is 6.65. The van der Waals surface area contributed by atoms with E-state index in [4.69, 9.17) is 11.6 Å². The van der Waals surface area contributed by atoms with Crippen LogP contribution >= 0.6 is 34.2 Å². The topological polar surface area (TPSA) is 49.9 Å². The normalized spacial score (nSPS) is 10.6. The molecule has 1 aromatic rings. The van der Waals surface area contributed by atoms with Crippen LogP contribution in [0, 0.1) is 3.57 Å². The molecule has 0 aliphatic carbocycles. The number of carbonyl (C=O) groups is 1. The first-order chi connectivity index (χ1) is 6.43. The molecule has 0 radical (unpaired) electrons. The van der Waals surface area contributed by atoms with Crippen LogP contribution in [0.3, 0.4) is 0 Å². The Bertz CT molecular complexity index is 432. The van der Waals surface area contributed by atoms with Gasteiger partial charge in [0.25, 0.3) is 11.7 Å². The lowest BCUT2D eigenvalue weighted by Crippen LogP contribution is -2.14. The maximum Gasteiger partial charge on any atom is 0.279 e. The SMILES string of the molecule is O=C(Cl)c1cc(=O)[nH]c(C(F)F)c1I. The minimum atomic E-state index is -2.84. The van der Waals surface area contributed by atoms with Crippen LogP contribution in [0.1, 0.15) is 22.5 Å². The fourth-order valence-corrected chi connectivity index (χ4v) is 1.94. The molecule has 0 spiro atoms. The van der Waals surface area contributed by atoms with Crippen molar-refractivity contribution in [3.05, 3.63) is 31.2 Å². The Hall–Kier alpha value is -0.500. The van der Waals surface area contributed by atoms with E-state index in [1.165, 1.54) is 22.6 Å². The molecule has 3 nitrogen and oxygen atoms in total. The van der Waals surface area contributed by atoms with Crippen molar-refractivity contribution in [2.45, 2.75) is 6.43 Å². The highest BCUT2D eigenvalue weighted by atomic mass is 127. The summed E-state index contributed by atoms with van der Waals surface area (Å²) in [6.07, 6.45) is -2.84. The number of hydrogen-bond acceptors (Lipinski definition) is 2. The zero-order valence-corrected chi connectivity index (χ0v) is 9.40. The van der Waals surface area contributed by atoms with Crippen LogP contribution in [0.25, 0.3) is 0 Å². The van der Waals surface area contributed by atoms with Gasteiger partial charge in [-0.1, -0.05) is 0 Å². The van der Waals surface area contributed by atoms with Crippen molar-refractivity contribution in [1.29, 1.82) is 0 Å². The Balaban J connectivity index is 3.48. The molecule has 0 saturated carbocycles. The smallest absolute Gasteiger partial charge is 0.279 e. The molecule has 0 atom stereocenters. The van der Waals surface area contributed by atoms with Crippen LogP contribution in [0.5, 0.6) is 0 Å². The summed E-state index contributed by atoms with van der Waals surface area (Å²) in [6.45, 7) is 0. The van der Waals surface area contributed by atoms with E-state index in [9.17, 15) is 18.4 Å². The number of alkyl halides is 2. The average Bonchev–Trinajstić information content (AvgIpc) is 2.07. The number of hydrogen-bond donors (Lipinski definition) is 1. The van der Waals surface area contributed by atoms with Crippen LogP contribution in [0.2, 0.25) is 0 Å². The average molecular weight is 333 g/mol. The van der Waals surface area contributed by atoms with Crippen LogP contribution in [-0.2, 0) is 0 Å². The van der Waals surface area contributed by atoms with Crippen LogP contribution in [0.15, 0.2) is 10.9 Å². The highest BCUT2D eigenvalue weighted by Gasteiger charge is 2.18. The fourth-order valence-electron chi connectivity index (χ4n) is 0.857.